The smallest absolute Gasteiger partial charge is 0.0779 e. The molecule has 0 aliphatic carbocycles. The summed E-state index contributed by atoms with van der Waals surface area (Å²) in [4.78, 5) is 2.84. The Morgan fingerprint density at radius 1 is 1.88 bits per heavy atom. The van der Waals surface area contributed by atoms with Gasteiger partial charge in [-0.2, -0.15) is 11.8 Å². The molecule has 0 radical (unpaired) electrons. The van der Waals surface area contributed by atoms with Crippen LogP contribution in [-0.2, 0) is 0 Å². The van der Waals surface area contributed by atoms with E-state index < -0.39 is 0 Å². The van der Waals surface area contributed by atoms with E-state index in [2.05, 4.69) is 27.0 Å². The van der Waals surface area contributed by atoms with Crippen molar-refractivity contribution in [3.8, 4) is 0 Å². The van der Waals surface area contributed by atoms with Gasteiger partial charge in [0.25, 0.3) is 0 Å². The third-order valence-electron chi connectivity index (χ3n) is 0.694. The first-order chi connectivity index (χ1) is 3.81. The van der Waals surface area contributed by atoms with Crippen LogP contribution in [0.2, 0.25) is 0 Å². The van der Waals surface area contributed by atoms with Crippen molar-refractivity contribution in [3.63, 3.8) is 0 Å². The minimum atomic E-state index is 0.261. The van der Waals surface area contributed by atoms with E-state index in [1.807, 2.05) is 11.8 Å². The maximum absolute atomic E-state index is 5.28. The Hall–Kier alpha value is 1.08. The third-order valence-corrected chi connectivity index (χ3v) is 2.55. The Morgan fingerprint density at radius 2 is 2.50 bits per heavy atom. The van der Waals surface area contributed by atoms with Gasteiger partial charge in [-0.1, -0.05) is 15.9 Å². The Kier molecular flexibility index (Phi) is 7.04. The molecule has 1 N–H and O–H groups in total. The quantitative estimate of drug-likeness (QED) is 0.441. The van der Waals surface area contributed by atoms with Crippen molar-refractivity contribution in [2.75, 3.05) is 12.0 Å². The van der Waals surface area contributed by atoms with E-state index >= 15 is 0 Å². The largest absolute Gasteiger partial charge is 0.220 e. The summed E-state index contributed by atoms with van der Waals surface area (Å²) in [6.45, 7) is 0. The molecule has 0 spiro atoms. The zero-order valence-corrected chi connectivity index (χ0v) is 7.81. The molecule has 1 nitrogen and oxygen atoms in total. The van der Waals surface area contributed by atoms with Gasteiger partial charge in [0.1, 0.15) is 0 Å². The molecule has 0 aromatic rings. The Balaban J connectivity index is 2.86. The Bertz CT molecular complexity index is 55.3. The molecule has 0 aromatic heterocycles. The number of halogens is 2. The number of hydrogen-bond acceptors (Lipinski definition) is 2. The van der Waals surface area contributed by atoms with E-state index in [-0.39, 0.29) is 4.95 Å². The van der Waals surface area contributed by atoms with Crippen LogP contribution in [0.25, 0.3) is 0 Å². The fraction of sp³-hybridized carbons (Fsp3) is 1.00. The number of thioether (sulfide) groups is 1. The normalized spacial score (nSPS) is 13.9. The summed E-state index contributed by atoms with van der Waals surface area (Å²) in [6, 6.07) is 0. The fourth-order valence-electron chi connectivity index (χ4n) is 0.276. The molecule has 4 heteroatoms. The molecule has 0 bridgehead atoms. The zero-order valence-electron chi connectivity index (χ0n) is 4.66. The van der Waals surface area contributed by atoms with Crippen molar-refractivity contribution >= 4 is 39.5 Å². The highest BCUT2D eigenvalue weighted by Crippen LogP contribution is 2.05. The molecule has 1 atom stereocenters. The van der Waals surface area contributed by atoms with Crippen LogP contribution in [0.15, 0.2) is 0 Å². The molecule has 50 valence electrons. The highest BCUT2D eigenvalue weighted by atomic mass is 79.9. The average Bonchev–Trinajstić information content (AvgIpc) is 1.83. The van der Waals surface area contributed by atoms with Gasteiger partial charge in [-0.05, 0) is 30.2 Å². The van der Waals surface area contributed by atoms with Crippen molar-refractivity contribution in [2.24, 2.45) is 0 Å². The second-order valence-electron chi connectivity index (χ2n) is 1.36. The van der Waals surface area contributed by atoms with Crippen LogP contribution in [0.1, 0.15) is 6.42 Å². The van der Waals surface area contributed by atoms with Crippen LogP contribution < -0.4 is 4.84 Å². The second-order valence-corrected chi connectivity index (χ2v) is 3.67. The van der Waals surface area contributed by atoms with Crippen molar-refractivity contribution in [1.82, 2.24) is 4.84 Å². The predicted molar refractivity (Wildman–Crippen MR) is 44.7 cm³/mol. The standard InChI is InChI=1S/C4H9BrClNS/c1-8-3-2-4(5)7-6/h4,7H,2-3H2,1H3. The van der Waals surface area contributed by atoms with Gasteiger partial charge in [0, 0.05) is 0 Å². The SMILES string of the molecule is CSCCC(Br)NCl. The number of hydrogen-bond donors (Lipinski definition) is 1. The van der Waals surface area contributed by atoms with Gasteiger partial charge in [0.2, 0.25) is 0 Å². The monoisotopic (exact) mass is 217 g/mol. The summed E-state index contributed by atoms with van der Waals surface area (Å²) < 4.78 is 0. The van der Waals surface area contributed by atoms with E-state index in [9.17, 15) is 0 Å². The van der Waals surface area contributed by atoms with Crippen LogP contribution in [0, 0.1) is 0 Å². The maximum Gasteiger partial charge on any atom is 0.0779 e. The van der Waals surface area contributed by atoms with Crippen molar-refractivity contribution < 1.29 is 0 Å². The van der Waals surface area contributed by atoms with Gasteiger partial charge >= 0.3 is 0 Å². The third kappa shape index (κ3) is 5.22. The van der Waals surface area contributed by atoms with Gasteiger partial charge in [-0.3, -0.25) is 0 Å². The molecule has 0 aromatic carbocycles. The summed E-state index contributed by atoms with van der Waals surface area (Å²) in [5, 5.41) is 0. The van der Waals surface area contributed by atoms with E-state index in [0.717, 1.165) is 12.2 Å². The molecular formula is C4H9BrClNS. The van der Waals surface area contributed by atoms with Gasteiger partial charge in [-0.25, -0.2) is 4.84 Å². The van der Waals surface area contributed by atoms with Crippen LogP contribution in [0.5, 0.6) is 0 Å². The van der Waals surface area contributed by atoms with E-state index in [1.165, 1.54) is 0 Å². The lowest BCUT2D eigenvalue weighted by Gasteiger charge is -2.02. The lowest BCUT2D eigenvalue weighted by Crippen LogP contribution is -2.12. The maximum atomic E-state index is 5.28. The molecule has 0 rings (SSSR count). The molecule has 0 amide bonds. The minimum absolute atomic E-state index is 0.261. The minimum Gasteiger partial charge on any atom is -0.220 e. The summed E-state index contributed by atoms with van der Waals surface area (Å²) in [7, 11) is 0. The predicted octanol–water partition coefficient (Wildman–Crippen LogP) is 2.20. The Morgan fingerprint density at radius 3 is 2.88 bits per heavy atom. The summed E-state index contributed by atoms with van der Waals surface area (Å²) in [6.07, 6.45) is 3.14. The first kappa shape index (κ1) is 9.08. The lowest BCUT2D eigenvalue weighted by molar-refractivity contribution is 0.830. The average molecular weight is 219 g/mol. The zero-order chi connectivity index (χ0) is 6.41. The van der Waals surface area contributed by atoms with Crippen LogP contribution in [0.4, 0.5) is 0 Å². The van der Waals surface area contributed by atoms with Gasteiger partial charge in [0.15, 0.2) is 0 Å². The molecule has 1 unspecified atom stereocenters. The highest BCUT2D eigenvalue weighted by Gasteiger charge is 1.97. The molecule has 0 saturated carbocycles. The van der Waals surface area contributed by atoms with Crippen LogP contribution >= 0.6 is 39.5 Å². The molecule has 0 aliphatic rings. The lowest BCUT2D eigenvalue weighted by atomic mass is 10.5. The van der Waals surface area contributed by atoms with Gasteiger partial charge in [0.05, 0.1) is 4.95 Å². The molecule has 8 heavy (non-hydrogen) atoms. The molecular weight excluding hydrogens is 209 g/mol. The number of nitrogens with one attached hydrogen (secondary N) is 1. The van der Waals surface area contributed by atoms with E-state index in [1.54, 1.807) is 0 Å². The highest BCUT2D eigenvalue weighted by molar-refractivity contribution is 9.09. The topological polar surface area (TPSA) is 12.0 Å². The molecule has 0 heterocycles. The van der Waals surface area contributed by atoms with Gasteiger partial charge < -0.3 is 0 Å². The van der Waals surface area contributed by atoms with Crippen LogP contribution in [0.3, 0.4) is 0 Å². The second kappa shape index (κ2) is 6.20. The molecule has 0 aliphatic heterocycles. The van der Waals surface area contributed by atoms with E-state index in [0.29, 0.717) is 0 Å². The van der Waals surface area contributed by atoms with Crippen molar-refractivity contribution in [3.05, 3.63) is 0 Å². The number of rotatable bonds is 4. The molecule has 0 fully saturated rings. The fourth-order valence-corrected chi connectivity index (χ4v) is 1.39. The summed E-state index contributed by atoms with van der Waals surface area (Å²) in [5.74, 6) is 1.13. The summed E-state index contributed by atoms with van der Waals surface area (Å²) in [5.41, 5.74) is 0. The molecule has 0 saturated heterocycles. The van der Waals surface area contributed by atoms with Crippen LogP contribution in [-0.4, -0.2) is 17.0 Å². The van der Waals surface area contributed by atoms with E-state index in [4.69, 9.17) is 11.8 Å². The first-order valence-corrected chi connectivity index (χ1v) is 4.99. The van der Waals surface area contributed by atoms with Crippen molar-refractivity contribution in [2.45, 2.75) is 11.4 Å². The number of alkyl halides is 1. The first-order valence-electron chi connectivity index (χ1n) is 2.30. The summed E-state index contributed by atoms with van der Waals surface area (Å²) >= 11 is 10.4. The Labute approximate surface area is 67.8 Å². The van der Waals surface area contributed by atoms with Gasteiger partial charge in [-0.15, -0.1) is 0 Å². The van der Waals surface area contributed by atoms with Crippen molar-refractivity contribution in [1.29, 1.82) is 0 Å².